The highest BCUT2D eigenvalue weighted by Gasteiger charge is 2.08. The molecule has 1 aromatic carbocycles. The van der Waals surface area contributed by atoms with Crippen LogP contribution in [0.4, 0.5) is 0 Å². The predicted molar refractivity (Wildman–Crippen MR) is 52.2 cm³/mol. The molecule has 0 saturated heterocycles. The molecule has 4 heteroatoms. The minimum Gasteiger partial charge on any atom is -0.508 e. The van der Waals surface area contributed by atoms with Crippen molar-refractivity contribution in [1.29, 1.82) is 0 Å². The Morgan fingerprint density at radius 1 is 1.57 bits per heavy atom. The molecule has 0 saturated carbocycles. The molecular weight excluding hydrogens is 182 g/mol. The summed E-state index contributed by atoms with van der Waals surface area (Å²) in [5, 5.41) is 9.50. The lowest BCUT2D eigenvalue weighted by Crippen LogP contribution is -2.05. The molecule has 4 nitrogen and oxygen atoms in total. The van der Waals surface area contributed by atoms with E-state index in [2.05, 4.69) is 4.74 Å². The fourth-order valence-electron chi connectivity index (χ4n) is 1.18. The van der Waals surface area contributed by atoms with Gasteiger partial charge in [0.15, 0.2) is 0 Å². The number of rotatable bonds is 3. The van der Waals surface area contributed by atoms with Gasteiger partial charge in [0.25, 0.3) is 0 Å². The second-order valence-electron chi connectivity index (χ2n) is 2.87. The largest absolute Gasteiger partial charge is 0.508 e. The van der Waals surface area contributed by atoms with E-state index in [-0.39, 0.29) is 5.75 Å². The highest BCUT2D eigenvalue weighted by atomic mass is 16.5. The van der Waals surface area contributed by atoms with Crippen LogP contribution in [-0.4, -0.2) is 24.7 Å². The van der Waals surface area contributed by atoms with Gasteiger partial charge < -0.3 is 15.6 Å². The summed E-state index contributed by atoms with van der Waals surface area (Å²) in [6.45, 7) is 0.463. The van der Waals surface area contributed by atoms with Crippen LogP contribution in [0.5, 0.6) is 5.75 Å². The first kappa shape index (κ1) is 10.5. The lowest BCUT2D eigenvalue weighted by Gasteiger charge is -2.04. The fourth-order valence-corrected chi connectivity index (χ4v) is 1.18. The zero-order chi connectivity index (χ0) is 10.6. The van der Waals surface area contributed by atoms with Crippen molar-refractivity contribution in [1.82, 2.24) is 0 Å². The molecule has 0 radical (unpaired) electrons. The van der Waals surface area contributed by atoms with E-state index in [1.54, 1.807) is 12.1 Å². The maximum Gasteiger partial charge on any atom is 0.337 e. The molecule has 0 bridgehead atoms. The maximum atomic E-state index is 11.1. The number of carbonyl (C=O) groups excluding carboxylic acids is 1. The van der Waals surface area contributed by atoms with E-state index in [1.165, 1.54) is 13.2 Å². The van der Waals surface area contributed by atoms with Crippen molar-refractivity contribution in [2.24, 2.45) is 5.73 Å². The van der Waals surface area contributed by atoms with E-state index >= 15 is 0 Å². The minimum atomic E-state index is -0.459. The van der Waals surface area contributed by atoms with Crippen molar-refractivity contribution in [3.63, 3.8) is 0 Å². The van der Waals surface area contributed by atoms with Crippen LogP contribution in [0.2, 0.25) is 0 Å². The van der Waals surface area contributed by atoms with Crippen LogP contribution in [0.1, 0.15) is 15.9 Å². The number of aromatic hydroxyl groups is 1. The van der Waals surface area contributed by atoms with E-state index in [1.807, 2.05) is 0 Å². The van der Waals surface area contributed by atoms with E-state index in [4.69, 9.17) is 5.73 Å². The number of benzene rings is 1. The van der Waals surface area contributed by atoms with Gasteiger partial charge in [-0.1, -0.05) is 6.07 Å². The molecule has 0 unspecified atom stereocenters. The monoisotopic (exact) mass is 195 g/mol. The van der Waals surface area contributed by atoms with Crippen molar-refractivity contribution in [3.8, 4) is 5.75 Å². The van der Waals surface area contributed by atoms with E-state index in [0.29, 0.717) is 18.5 Å². The highest BCUT2D eigenvalue weighted by molar-refractivity contribution is 5.89. The Morgan fingerprint density at radius 2 is 2.29 bits per heavy atom. The number of methoxy groups -OCH3 is 1. The van der Waals surface area contributed by atoms with E-state index < -0.39 is 5.97 Å². The van der Waals surface area contributed by atoms with Gasteiger partial charge in [-0.15, -0.1) is 0 Å². The molecule has 0 aliphatic rings. The average molecular weight is 195 g/mol. The van der Waals surface area contributed by atoms with E-state index in [9.17, 15) is 9.90 Å². The first-order valence-corrected chi connectivity index (χ1v) is 4.29. The Balaban J connectivity index is 2.94. The Morgan fingerprint density at radius 3 is 2.79 bits per heavy atom. The molecule has 0 spiro atoms. The number of hydrogen-bond acceptors (Lipinski definition) is 4. The number of carbonyl (C=O) groups is 1. The average Bonchev–Trinajstić information content (AvgIpc) is 2.20. The molecule has 14 heavy (non-hydrogen) atoms. The Hall–Kier alpha value is -1.55. The van der Waals surface area contributed by atoms with Crippen molar-refractivity contribution in [2.75, 3.05) is 13.7 Å². The van der Waals surface area contributed by atoms with Crippen molar-refractivity contribution < 1.29 is 14.6 Å². The van der Waals surface area contributed by atoms with Gasteiger partial charge in [-0.25, -0.2) is 4.79 Å². The second kappa shape index (κ2) is 4.62. The third-order valence-electron chi connectivity index (χ3n) is 1.92. The number of phenols is 1. The Bertz CT molecular complexity index is 336. The van der Waals surface area contributed by atoms with Crippen LogP contribution in [0, 0.1) is 0 Å². The standard InChI is InChI=1S/C10H13NO3/c1-14-10(13)8-3-2-7(4-5-11)9(12)6-8/h2-3,6,12H,4-5,11H2,1H3. The smallest absolute Gasteiger partial charge is 0.337 e. The van der Waals surface area contributed by atoms with Crippen molar-refractivity contribution >= 4 is 5.97 Å². The lowest BCUT2D eigenvalue weighted by atomic mass is 10.1. The lowest BCUT2D eigenvalue weighted by molar-refractivity contribution is 0.0600. The van der Waals surface area contributed by atoms with Gasteiger partial charge in [-0.3, -0.25) is 0 Å². The molecule has 1 rings (SSSR count). The normalized spacial score (nSPS) is 9.86. The topological polar surface area (TPSA) is 72.5 Å². The van der Waals surface area contributed by atoms with Gasteiger partial charge in [0.1, 0.15) is 5.75 Å². The first-order valence-electron chi connectivity index (χ1n) is 4.29. The van der Waals surface area contributed by atoms with Crippen LogP contribution in [0.3, 0.4) is 0 Å². The van der Waals surface area contributed by atoms with Crippen LogP contribution < -0.4 is 5.73 Å². The summed E-state index contributed by atoms with van der Waals surface area (Å²) in [5.74, 6) is -0.377. The van der Waals surface area contributed by atoms with E-state index in [0.717, 1.165) is 5.56 Å². The van der Waals surface area contributed by atoms with Crippen molar-refractivity contribution in [2.45, 2.75) is 6.42 Å². The number of ether oxygens (including phenoxy) is 1. The second-order valence-corrected chi connectivity index (χ2v) is 2.87. The minimum absolute atomic E-state index is 0.0818. The molecule has 0 aromatic heterocycles. The van der Waals surface area contributed by atoms with Gasteiger partial charge >= 0.3 is 5.97 Å². The summed E-state index contributed by atoms with van der Waals surface area (Å²) in [6.07, 6.45) is 0.591. The summed E-state index contributed by atoms with van der Waals surface area (Å²) in [6, 6.07) is 4.67. The number of phenolic OH excluding ortho intramolecular Hbond substituents is 1. The van der Waals surface area contributed by atoms with Gasteiger partial charge in [0.05, 0.1) is 12.7 Å². The zero-order valence-electron chi connectivity index (χ0n) is 7.99. The third kappa shape index (κ3) is 2.23. The fraction of sp³-hybridized carbons (Fsp3) is 0.300. The van der Waals surface area contributed by atoms with Gasteiger partial charge in [-0.2, -0.15) is 0 Å². The number of hydrogen-bond donors (Lipinski definition) is 2. The molecular formula is C10H13NO3. The summed E-state index contributed by atoms with van der Waals surface area (Å²) in [7, 11) is 1.30. The summed E-state index contributed by atoms with van der Waals surface area (Å²) in [5.41, 5.74) is 6.43. The zero-order valence-corrected chi connectivity index (χ0v) is 7.99. The molecule has 0 amide bonds. The molecule has 0 fully saturated rings. The molecule has 1 aromatic rings. The predicted octanol–water partition coefficient (Wildman–Crippen LogP) is 0.680. The maximum absolute atomic E-state index is 11.1. The van der Waals surface area contributed by atoms with Crippen molar-refractivity contribution in [3.05, 3.63) is 29.3 Å². The molecule has 76 valence electrons. The number of esters is 1. The summed E-state index contributed by atoms with van der Waals surface area (Å²) in [4.78, 5) is 11.1. The van der Waals surface area contributed by atoms with Crippen LogP contribution >= 0.6 is 0 Å². The number of nitrogens with two attached hydrogens (primary N) is 1. The van der Waals surface area contributed by atoms with Crippen LogP contribution in [0.25, 0.3) is 0 Å². The molecule has 0 atom stereocenters. The SMILES string of the molecule is COC(=O)c1ccc(CCN)c(O)c1. The van der Waals surface area contributed by atoms with Gasteiger partial charge in [-0.05, 0) is 30.7 Å². The Labute approximate surface area is 82.3 Å². The molecule has 0 aliphatic heterocycles. The van der Waals surface area contributed by atoms with Crippen LogP contribution in [0.15, 0.2) is 18.2 Å². The quantitative estimate of drug-likeness (QED) is 0.696. The van der Waals surface area contributed by atoms with Gasteiger partial charge in [0.2, 0.25) is 0 Å². The van der Waals surface area contributed by atoms with Gasteiger partial charge in [0, 0.05) is 0 Å². The molecule has 0 heterocycles. The first-order chi connectivity index (χ1) is 6.69. The van der Waals surface area contributed by atoms with Crippen LogP contribution in [-0.2, 0) is 11.2 Å². The summed E-state index contributed by atoms with van der Waals surface area (Å²) < 4.78 is 4.52. The molecule has 3 N–H and O–H groups in total. The molecule has 0 aliphatic carbocycles. The Kier molecular flexibility index (Phi) is 3.48. The highest BCUT2D eigenvalue weighted by Crippen LogP contribution is 2.19. The third-order valence-corrected chi connectivity index (χ3v) is 1.92. The summed E-state index contributed by atoms with van der Waals surface area (Å²) >= 11 is 0.